The van der Waals surface area contributed by atoms with Gasteiger partial charge in [-0.3, -0.25) is 9.59 Å². The second kappa shape index (κ2) is 10.5. The number of nitrogens with one attached hydrogen (secondary N) is 1. The Morgan fingerprint density at radius 3 is 2.39 bits per heavy atom. The van der Waals surface area contributed by atoms with Crippen LogP contribution in [0.15, 0.2) is 78.9 Å². The molecule has 168 valence electrons. The molecule has 4 rings (SSSR count). The molecule has 0 saturated carbocycles. The third kappa shape index (κ3) is 5.80. The first kappa shape index (κ1) is 22.1. The first-order valence-corrected chi connectivity index (χ1v) is 10.9. The van der Waals surface area contributed by atoms with E-state index in [1.807, 2.05) is 72.8 Å². The van der Waals surface area contributed by atoms with Crippen molar-refractivity contribution >= 4 is 23.6 Å². The van der Waals surface area contributed by atoms with Gasteiger partial charge in [0.15, 0.2) is 11.5 Å². The number of ether oxygens (including phenoxy) is 2. The molecule has 0 aromatic heterocycles. The lowest BCUT2D eigenvalue weighted by molar-refractivity contribution is -0.119. The van der Waals surface area contributed by atoms with Gasteiger partial charge in [0.05, 0.1) is 0 Å². The minimum atomic E-state index is -0.129. The van der Waals surface area contributed by atoms with Crippen molar-refractivity contribution < 1.29 is 19.1 Å². The Morgan fingerprint density at radius 1 is 0.939 bits per heavy atom. The van der Waals surface area contributed by atoms with E-state index >= 15 is 0 Å². The summed E-state index contributed by atoms with van der Waals surface area (Å²) in [5.74, 6) is 1.09. The molecule has 0 aliphatic carbocycles. The van der Waals surface area contributed by atoms with Gasteiger partial charge in [-0.1, -0.05) is 54.6 Å². The van der Waals surface area contributed by atoms with E-state index in [4.69, 9.17) is 9.47 Å². The standard InChI is InChI=1S/C27H26N2O4/c1-20(30)28-19-22-9-11-23(12-10-22)27(31)29(15-5-8-21-6-3-2-4-7-21)24-13-14-25-26(18-24)33-17-16-32-25/h2-14,18H,15-17,19H2,1H3,(H,28,30)/b8-5-. The zero-order chi connectivity index (χ0) is 23.0. The van der Waals surface area contributed by atoms with Crippen molar-refractivity contribution in [3.63, 3.8) is 0 Å². The minimum Gasteiger partial charge on any atom is -0.486 e. The smallest absolute Gasteiger partial charge is 0.258 e. The third-order valence-electron chi connectivity index (χ3n) is 5.22. The Morgan fingerprint density at radius 2 is 1.67 bits per heavy atom. The highest BCUT2D eigenvalue weighted by Gasteiger charge is 2.20. The number of hydrogen-bond donors (Lipinski definition) is 1. The molecule has 1 heterocycles. The van der Waals surface area contributed by atoms with Crippen molar-refractivity contribution in [2.75, 3.05) is 24.7 Å². The lowest BCUT2D eigenvalue weighted by Gasteiger charge is -2.25. The van der Waals surface area contributed by atoms with Crippen LogP contribution in [0.5, 0.6) is 11.5 Å². The van der Waals surface area contributed by atoms with E-state index < -0.39 is 0 Å². The predicted octanol–water partition coefficient (Wildman–Crippen LogP) is 4.45. The Labute approximate surface area is 193 Å². The van der Waals surface area contributed by atoms with E-state index in [2.05, 4.69) is 5.32 Å². The van der Waals surface area contributed by atoms with Gasteiger partial charge < -0.3 is 19.7 Å². The monoisotopic (exact) mass is 442 g/mol. The predicted molar refractivity (Wildman–Crippen MR) is 129 cm³/mol. The molecule has 1 N–H and O–H groups in total. The summed E-state index contributed by atoms with van der Waals surface area (Å²) in [4.78, 5) is 26.3. The molecule has 0 bridgehead atoms. The van der Waals surface area contributed by atoms with Crippen molar-refractivity contribution in [1.29, 1.82) is 0 Å². The molecule has 3 aromatic carbocycles. The zero-order valence-corrected chi connectivity index (χ0v) is 18.5. The van der Waals surface area contributed by atoms with Gasteiger partial charge in [-0.05, 0) is 35.4 Å². The van der Waals surface area contributed by atoms with Crippen LogP contribution in [0.25, 0.3) is 6.08 Å². The molecule has 1 aliphatic heterocycles. The average Bonchev–Trinajstić information content (AvgIpc) is 2.86. The van der Waals surface area contributed by atoms with E-state index in [1.54, 1.807) is 17.0 Å². The van der Waals surface area contributed by atoms with Crippen LogP contribution in [0.2, 0.25) is 0 Å². The maximum Gasteiger partial charge on any atom is 0.258 e. The van der Waals surface area contributed by atoms with Crippen molar-refractivity contribution in [2.45, 2.75) is 13.5 Å². The van der Waals surface area contributed by atoms with Crippen molar-refractivity contribution in [3.8, 4) is 11.5 Å². The molecule has 2 amide bonds. The molecule has 6 nitrogen and oxygen atoms in total. The molecule has 0 spiro atoms. The number of nitrogens with zero attached hydrogens (tertiary/aromatic N) is 1. The van der Waals surface area contributed by atoms with Gasteiger partial charge >= 0.3 is 0 Å². The Balaban J connectivity index is 1.58. The van der Waals surface area contributed by atoms with Gasteiger partial charge in [-0.15, -0.1) is 0 Å². The summed E-state index contributed by atoms with van der Waals surface area (Å²) in [6.45, 7) is 3.29. The number of carbonyl (C=O) groups is 2. The second-order valence-electron chi connectivity index (χ2n) is 7.66. The van der Waals surface area contributed by atoms with Crippen LogP contribution in [0.3, 0.4) is 0 Å². The Hall–Kier alpha value is -4.06. The van der Waals surface area contributed by atoms with Crippen LogP contribution in [-0.4, -0.2) is 31.6 Å². The number of carbonyl (C=O) groups excluding carboxylic acids is 2. The van der Waals surface area contributed by atoms with E-state index in [1.165, 1.54) is 6.92 Å². The normalized spacial score (nSPS) is 12.4. The van der Waals surface area contributed by atoms with E-state index in [-0.39, 0.29) is 11.8 Å². The largest absolute Gasteiger partial charge is 0.486 e. The average molecular weight is 443 g/mol. The fourth-order valence-corrected chi connectivity index (χ4v) is 3.51. The van der Waals surface area contributed by atoms with Gasteiger partial charge in [0.2, 0.25) is 5.91 Å². The topological polar surface area (TPSA) is 67.9 Å². The van der Waals surface area contributed by atoms with Gasteiger partial charge in [0.1, 0.15) is 13.2 Å². The molecular formula is C27H26N2O4. The van der Waals surface area contributed by atoms with Crippen LogP contribution in [-0.2, 0) is 11.3 Å². The number of benzene rings is 3. The fraction of sp³-hybridized carbons (Fsp3) is 0.185. The summed E-state index contributed by atoms with van der Waals surface area (Å²) in [5, 5.41) is 2.76. The highest BCUT2D eigenvalue weighted by atomic mass is 16.6. The van der Waals surface area contributed by atoms with Gasteiger partial charge in [-0.2, -0.15) is 0 Å². The molecular weight excluding hydrogens is 416 g/mol. The lowest BCUT2D eigenvalue weighted by atomic mass is 10.1. The van der Waals surface area contributed by atoms with Crippen LogP contribution in [0, 0.1) is 0 Å². The lowest BCUT2D eigenvalue weighted by Crippen LogP contribution is -2.31. The van der Waals surface area contributed by atoms with E-state index in [0.29, 0.717) is 43.4 Å². The minimum absolute atomic E-state index is 0.0925. The van der Waals surface area contributed by atoms with Crippen molar-refractivity contribution in [3.05, 3.63) is 95.6 Å². The number of anilines is 1. The van der Waals surface area contributed by atoms with Crippen LogP contribution < -0.4 is 19.7 Å². The summed E-state index contributed by atoms with van der Waals surface area (Å²) in [7, 11) is 0. The second-order valence-corrected chi connectivity index (χ2v) is 7.66. The summed E-state index contributed by atoms with van der Waals surface area (Å²) < 4.78 is 11.3. The Bertz CT molecular complexity index is 1140. The maximum atomic E-state index is 13.5. The number of hydrogen-bond acceptors (Lipinski definition) is 4. The van der Waals surface area contributed by atoms with Crippen LogP contribution >= 0.6 is 0 Å². The number of fused-ring (bicyclic) bond motifs is 1. The molecule has 6 heteroatoms. The van der Waals surface area contributed by atoms with Crippen LogP contribution in [0.1, 0.15) is 28.4 Å². The molecule has 0 atom stereocenters. The van der Waals surface area contributed by atoms with Crippen molar-refractivity contribution in [1.82, 2.24) is 5.32 Å². The highest BCUT2D eigenvalue weighted by molar-refractivity contribution is 6.06. The SMILES string of the molecule is CC(=O)NCc1ccc(C(=O)N(C/C=C\c2ccccc2)c2ccc3c(c2)OCCO3)cc1. The van der Waals surface area contributed by atoms with E-state index in [9.17, 15) is 9.59 Å². The zero-order valence-electron chi connectivity index (χ0n) is 18.5. The van der Waals surface area contributed by atoms with E-state index in [0.717, 1.165) is 16.8 Å². The Kier molecular flexibility index (Phi) is 7.05. The summed E-state index contributed by atoms with van der Waals surface area (Å²) in [6.07, 6.45) is 3.96. The molecule has 1 aliphatic rings. The summed E-state index contributed by atoms with van der Waals surface area (Å²) >= 11 is 0. The molecule has 0 unspecified atom stereocenters. The maximum absolute atomic E-state index is 13.5. The molecule has 0 radical (unpaired) electrons. The van der Waals surface area contributed by atoms with Gasteiger partial charge in [0.25, 0.3) is 5.91 Å². The summed E-state index contributed by atoms with van der Waals surface area (Å²) in [6, 6.07) is 22.8. The van der Waals surface area contributed by atoms with Crippen LogP contribution in [0.4, 0.5) is 5.69 Å². The molecule has 3 aromatic rings. The fourth-order valence-electron chi connectivity index (χ4n) is 3.51. The first-order valence-electron chi connectivity index (χ1n) is 10.9. The first-order chi connectivity index (χ1) is 16.1. The molecule has 33 heavy (non-hydrogen) atoms. The third-order valence-corrected chi connectivity index (χ3v) is 5.22. The summed E-state index contributed by atoms with van der Waals surface area (Å²) in [5.41, 5.74) is 3.28. The van der Waals surface area contributed by atoms with Gasteiger partial charge in [-0.25, -0.2) is 0 Å². The highest BCUT2D eigenvalue weighted by Crippen LogP contribution is 2.34. The van der Waals surface area contributed by atoms with Gasteiger partial charge in [0, 0.05) is 37.3 Å². The van der Waals surface area contributed by atoms with Crippen molar-refractivity contribution in [2.24, 2.45) is 0 Å². The quantitative estimate of drug-likeness (QED) is 0.587. The molecule has 0 fully saturated rings. The molecule has 0 saturated heterocycles. The number of amides is 2. The number of rotatable bonds is 7.